The molecule has 0 fully saturated rings. The average molecular weight is 468 g/mol. The van der Waals surface area contributed by atoms with Crippen LogP contribution in [0.5, 0.6) is 11.6 Å². The van der Waals surface area contributed by atoms with Crippen molar-refractivity contribution in [1.29, 1.82) is 0 Å². The molecule has 0 aliphatic rings. The minimum Gasteiger partial charge on any atom is -0.493 e. The number of nitrogens with zero attached hydrogens (tertiary/aromatic N) is 3. The normalized spacial score (nSPS) is 11.3. The SMILES string of the molecule is Cc1cc(OCC(=O)N=Nc2c(O)n(Cc3ccc(Cl)cc3)c3ccccc23)ccc1Cl. The Bertz CT molecular complexity index is 1310. The Morgan fingerprint density at radius 3 is 2.56 bits per heavy atom. The smallest absolute Gasteiger partial charge is 0.302 e. The van der Waals surface area contributed by atoms with E-state index in [2.05, 4.69) is 10.2 Å². The number of aromatic nitrogens is 1. The van der Waals surface area contributed by atoms with E-state index in [1.54, 1.807) is 34.9 Å². The molecule has 3 aromatic carbocycles. The molecule has 32 heavy (non-hydrogen) atoms. The maximum absolute atomic E-state index is 12.2. The molecule has 0 atom stereocenters. The van der Waals surface area contributed by atoms with Crippen LogP contribution >= 0.6 is 23.2 Å². The first-order chi connectivity index (χ1) is 15.4. The van der Waals surface area contributed by atoms with E-state index in [1.165, 1.54) is 0 Å². The Balaban J connectivity index is 1.55. The van der Waals surface area contributed by atoms with Crippen LogP contribution in [0.4, 0.5) is 5.69 Å². The van der Waals surface area contributed by atoms with E-state index < -0.39 is 5.91 Å². The zero-order valence-corrected chi connectivity index (χ0v) is 18.6. The molecular formula is C24H19Cl2N3O3. The second kappa shape index (κ2) is 9.42. The van der Waals surface area contributed by atoms with Crippen molar-refractivity contribution in [2.45, 2.75) is 13.5 Å². The first-order valence-electron chi connectivity index (χ1n) is 9.80. The summed E-state index contributed by atoms with van der Waals surface area (Å²) in [5, 5.41) is 20.5. The van der Waals surface area contributed by atoms with Gasteiger partial charge in [0.15, 0.2) is 12.3 Å². The van der Waals surface area contributed by atoms with Gasteiger partial charge < -0.3 is 14.4 Å². The van der Waals surface area contributed by atoms with Gasteiger partial charge in [0.05, 0.1) is 12.1 Å². The largest absolute Gasteiger partial charge is 0.493 e. The van der Waals surface area contributed by atoms with Crippen molar-refractivity contribution in [2.75, 3.05) is 6.61 Å². The molecule has 0 radical (unpaired) electrons. The van der Waals surface area contributed by atoms with Gasteiger partial charge in [-0.15, -0.1) is 10.2 Å². The van der Waals surface area contributed by atoms with Crippen molar-refractivity contribution in [3.8, 4) is 11.6 Å². The molecule has 0 saturated heterocycles. The van der Waals surface area contributed by atoms with Gasteiger partial charge in [0.1, 0.15) is 5.75 Å². The quantitative estimate of drug-likeness (QED) is 0.320. The van der Waals surface area contributed by atoms with Crippen LogP contribution < -0.4 is 4.74 Å². The molecule has 4 aromatic rings. The van der Waals surface area contributed by atoms with Crippen LogP contribution in [0.2, 0.25) is 10.0 Å². The molecule has 1 aromatic heterocycles. The highest BCUT2D eigenvalue weighted by Gasteiger charge is 2.17. The Morgan fingerprint density at radius 2 is 1.81 bits per heavy atom. The van der Waals surface area contributed by atoms with Crippen LogP contribution in [0.3, 0.4) is 0 Å². The fourth-order valence-electron chi connectivity index (χ4n) is 3.29. The molecule has 6 nitrogen and oxygen atoms in total. The van der Waals surface area contributed by atoms with Gasteiger partial charge in [-0.1, -0.05) is 53.5 Å². The third-order valence-electron chi connectivity index (χ3n) is 4.92. The van der Waals surface area contributed by atoms with E-state index in [0.29, 0.717) is 27.7 Å². The van der Waals surface area contributed by atoms with E-state index in [0.717, 1.165) is 16.6 Å². The van der Waals surface area contributed by atoms with Crippen molar-refractivity contribution in [3.63, 3.8) is 0 Å². The predicted molar refractivity (Wildman–Crippen MR) is 125 cm³/mol. The fraction of sp³-hybridized carbons (Fsp3) is 0.125. The van der Waals surface area contributed by atoms with Crippen molar-refractivity contribution in [3.05, 3.63) is 87.9 Å². The molecule has 1 heterocycles. The molecule has 0 aliphatic heterocycles. The highest BCUT2D eigenvalue weighted by Crippen LogP contribution is 2.39. The Kier molecular flexibility index (Phi) is 6.44. The third-order valence-corrected chi connectivity index (χ3v) is 5.60. The summed E-state index contributed by atoms with van der Waals surface area (Å²) in [4.78, 5) is 12.2. The molecule has 1 N–H and O–H groups in total. The molecule has 1 amide bonds. The van der Waals surface area contributed by atoms with Gasteiger partial charge in [-0.3, -0.25) is 4.79 Å². The van der Waals surface area contributed by atoms with Gasteiger partial charge in [0.2, 0.25) is 5.88 Å². The number of halogens is 2. The molecule has 0 aliphatic carbocycles. The van der Waals surface area contributed by atoms with Crippen LogP contribution in [-0.2, 0) is 11.3 Å². The highest BCUT2D eigenvalue weighted by atomic mass is 35.5. The molecule has 162 valence electrons. The van der Waals surface area contributed by atoms with Gasteiger partial charge >= 0.3 is 5.91 Å². The number of amides is 1. The summed E-state index contributed by atoms with van der Waals surface area (Å²) in [6, 6.07) is 19.9. The van der Waals surface area contributed by atoms with Gasteiger partial charge in [-0.05, 0) is 54.4 Å². The van der Waals surface area contributed by atoms with E-state index in [4.69, 9.17) is 27.9 Å². The molecule has 0 spiro atoms. The summed E-state index contributed by atoms with van der Waals surface area (Å²) in [7, 11) is 0. The number of ether oxygens (including phenoxy) is 1. The second-order valence-corrected chi connectivity index (χ2v) is 8.04. The minimum atomic E-state index is -0.577. The van der Waals surface area contributed by atoms with Crippen LogP contribution in [0.15, 0.2) is 77.0 Å². The maximum atomic E-state index is 12.2. The van der Waals surface area contributed by atoms with Crippen LogP contribution in [-0.4, -0.2) is 22.2 Å². The first kappa shape index (κ1) is 21.9. The molecule has 0 bridgehead atoms. The zero-order valence-electron chi connectivity index (χ0n) is 17.1. The molecule has 8 heteroatoms. The minimum absolute atomic E-state index is 0.0769. The monoisotopic (exact) mass is 467 g/mol. The van der Waals surface area contributed by atoms with E-state index in [1.807, 2.05) is 43.3 Å². The summed E-state index contributed by atoms with van der Waals surface area (Å²) in [6.07, 6.45) is 0. The summed E-state index contributed by atoms with van der Waals surface area (Å²) in [5.41, 5.74) is 2.80. The fourth-order valence-corrected chi connectivity index (χ4v) is 3.53. The van der Waals surface area contributed by atoms with Crippen LogP contribution in [0, 0.1) is 6.92 Å². The Hall–Kier alpha value is -3.35. The number of fused-ring (bicyclic) bond motifs is 1. The number of para-hydroxylation sites is 1. The maximum Gasteiger partial charge on any atom is 0.302 e. The van der Waals surface area contributed by atoms with Gasteiger partial charge in [0, 0.05) is 15.4 Å². The van der Waals surface area contributed by atoms with Crippen molar-refractivity contribution < 1.29 is 14.6 Å². The average Bonchev–Trinajstić information content (AvgIpc) is 3.05. The van der Waals surface area contributed by atoms with Crippen molar-refractivity contribution in [2.24, 2.45) is 10.2 Å². The number of azo groups is 1. The number of aromatic hydroxyl groups is 1. The summed E-state index contributed by atoms with van der Waals surface area (Å²) < 4.78 is 7.18. The summed E-state index contributed by atoms with van der Waals surface area (Å²) >= 11 is 12.0. The first-order valence-corrected chi connectivity index (χ1v) is 10.6. The van der Waals surface area contributed by atoms with Gasteiger partial charge in [-0.2, -0.15) is 0 Å². The van der Waals surface area contributed by atoms with Gasteiger partial charge in [0.25, 0.3) is 0 Å². The molecular weight excluding hydrogens is 449 g/mol. The van der Waals surface area contributed by atoms with Gasteiger partial charge in [-0.25, -0.2) is 0 Å². The number of benzene rings is 3. The lowest BCUT2D eigenvalue weighted by Gasteiger charge is -2.07. The zero-order chi connectivity index (χ0) is 22.7. The van der Waals surface area contributed by atoms with E-state index in [-0.39, 0.29) is 18.2 Å². The second-order valence-electron chi connectivity index (χ2n) is 7.20. The number of carbonyl (C=O) groups is 1. The predicted octanol–water partition coefficient (Wildman–Crippen LogP) is 6.70. The Labute approximate surface area is 194 Å². The van der Waals surface area contributed by atoms with Crippen molar-refractivity contribution in [1.82, 2.24) is 4.57 Å². The lowest BCUT2D eigenvalue weighted by molar-refractivity contribution is -0.120. The number of hydrogen-bond donors (Lipinski definition) is 1. The van der Waals surface area contributed by atoms with Crippen molar-refractivity contribution >= 4 is 45.7 Å². The summed E-state index contributed by atoms with van der Waals surface area (Å²) in [5.74, 6) is -0.142. The topological polar surface area (TPSA) is 76.2 Å². The highest BCUT2D eigenvalue weighted by molar-refractivity contribution is 6.31. The molecule has 0 saturated carbocycles. The number of aryl methyl sites for hydroxylation is 1. The molecule has 4 rings (SSSR count). The summed E-state index contributed by atoms with van der Waals surface area (Å²) in [6.45, 7) is 1.97. The Morgan fingerprint density at radius 1 is 1.06 bits per heavy atom. The van der Waals surface area contributed by atoms with E-state index in [9.17, 15) is 9.90 Å². The van der Waals surface area contributed by atoms with Crippen LogP contribution in [0.25, 0.3) is 10.9 Å². The van der Waals surface area contributed by atoms with Crippen LogP contribution in [0.1, 0.15) is 11.1 Å². The lowest BCUT2D eigenvalue weighted by Crippen LogP contribution is -2.07. The lowest BCUT2D eigenvalue weighted by atomic mass is 10.2. The number of carbonyl (C=O) groups excluding carboxylic acids is 1. The van der Waals surface area contributed by atoms with E-state index >= 15 is 0 Å². The number of hydrogen-bond acceptors (Lipinski definition) is 4. The molecule has 0 unspecified atom stereocenters. The third kappa shape index (κ3) is 4.77. The number of rotatable bonds is 6. The standard InChI is InChI=1S/C24H19Cl2N3O3/c1-15-12-18(10-11-20(15)26)32-14-22(30)27-28-23-19-4-2-3-5-21(19)29(24(23)31)13-16-6-8-17(25)9-7-16/h2-12,31H,13-14H2,1H3.